The van der Waals surface area contributed by atoms with E-state index in [-0.39, 0.29) is 0 Å². The Morgan fingerprint density at radius 3 is 2.83 bits per heavy atom. The molecule has 3 aromatic rings. The van der Waals surface area contributed by atoms with E-state index in [1.165, 1.54) is 0 Å². The zero-order valence-corrected chi connectivity index (χ0v) is 9.46. The van der Waals surface area contributed by atoms with Crippen molar-refractivity contribution < 1.29 is 0 Å². The number of aromatic nitrogens is 2. The molecule has 0 unspecified atom stereocenters. The third-order valence-electron chi connectivity index (χ3n) is 2.71. The molecule has 3 rings (SSSR count). The lowest BCUT2D eigenvalue weighted by molar-refractivity contribution is 1.25. The molecule has 2 aromatic heterocycles. The van der Waals surface area contributed by atoms with Gasteiger partial charge in [-0.15, -0.1) is 0 Å². The first kappa shape index (κ1) is 10.4. The van der Waals surface area contributed by atoms with Gasteiger partial charge in [-0.1, -0.05) is 12.1 Å². The van der Waals surface area contributed by atoms with Gasteiger partial charge in [0.15, 0.2) is 0 Å². The highest BCUT2D eigenvalue weighted by molar-refractivity contribution is 5.81. The van der Waals surface area contributed by atoms with Crippen LogP contribution in [0.1, 0.15) is 5.69 Å². The van der Waals surface area contributed by atoms with Gasteiger partial charge in [0.25, 0.3) is 0 Å². The quantitative estimate of drug-likeness (QED) is 0.645. The van der Waals surface area contributed by atoms with Crippen molar-refractivity contribution in [3.63, 3.8) is 0 Å². The minimum atomic E-state index is 0.411. The highest BCUT2D eigenvalue weighted by atomic mass is 14.7. The van der Waals surface area contributed by atoms with Crippen molar-refractivity contribution in [3.05, 3.63) is 60.4 Å². The number of pyridine rings is 2. The first-order valence-electron chi connectivity index (χ1n) is 5.50. The van der Waals surface area contributed by atoms with Crippen LogP contribution in [0, 0.1) is 17.4 Å². The fourth-order valence-corrected chi connectivity index (χ4v) is 1.78. The second kappa shape index (κ2) is 4.27. The van der Waals surface area contributed by atoms with Gasteiger partial charge in [-0.05, 0) is 36.4 Å². The van der Waals surface area contributed by atoms with Crippen LogP contribution in [0.15, 0.2) is 48.7 Å². The lowest BCUT2D eigenvalue weighted by Gasteiger charge is -2.02. The number of benzene rings is 1. The Balaban J connectivity index is 2.10. The van der Waals surface area contributed by atoms with Gasteiger partial charge in [-0.3, -0.25) is 0 Å². The van der Waals surface area contributed by atoms with Gasteiger partial charge in [0.1, 0.15) is 11.8 Å². The maximum atomic E-state index is 8.71. The minimum absolute atomic E-state index is 0.411. The summed E-state index contributed by atoms with van der Waals surface area (Å²) in [5, 5.41) is 9.77. The fourth-order valence-electron chi connectivity index (χ4n) is 1.78. The van der Waals surface area contributed by atoms with Crippen LogP contribution in [-0.4, -0.2) is 9.97 Å². The summed E-state index contributed by atoms with van der Waals surface area (Å²) in [7, 11) is 0. The number of hydrogen-bond donors (Lipinski definition) is 0. The minimum Gasteiger partial charge on any atom is -0.248 e. The molecular weight excluding hydrogens is 222 g/mol. The van der Waals surface area contributed by atoms with E-state index in [9.17, 15) is 0 Å². The van der Waals surface area contributed by atoms with E-state index in [0.717, 1.165) is 22.2 Å². The second-order valence-electron chi connectivity index (χ2n) is 3.86. The van der Waals surface area contributed by atoms with Crippen molar-refractivity contribution in [3.8, 4) is 17.3 Å². The molecule has 0 aliphatic rings. The summed E-state index contributed by atoms with van der Waals surface area (Å²) in [6.07, 6.45) is 1.67. The fraction of sp³-hybridized carbons (Fsp3) is 0. The van der Waals surface area contributed by atoms with E-state index < -0.39 is 0 Å². The smallest absolute Gasteiger partial charge is 0.140 e. The van der Waals surface area contributed by atoms with Crippen LogP contribution >= 0.6 is 0 Å². The van der Waals surface area contributed by atoms with Crippen LogP contribution in [0.2, 0.25) is 0 Å². The standard InChI is InChI=1S/C15H8N3/c16-9-13-7-5-12(10-17-13)15-8-6-11-3-1-2-4-14(11)18-15/h2-8,10H. The molecule has 0 aliphatic carbocycles. The molecule has 3 nitrogen and oxygen atoms in total. The maximum absolute atomic E-state index is 8.71. The predicted molar refractivity (Wildman–Crippen MR) is 68.5 cm³/mol. The second-order valence-corrected chi connectivity index (χ2v) is 3.86. The van der Waals surface area contributed by atoms with E-state index in [4.69, 9.17) is 5.26 Å². The van der Waals surface area contributed by atoms with Crippen molar-refractivity contribution in [2.75, 3.05) is 0 Å². The average Bonchev–Trinajstić information content (AvgIpc) is 2.47. The summed E-state index contributed by atoms with van der Waals surface area (Å²) in [6.45, 7) is 0. The molecule has 83 valence electrons. The monoisotopic (exact) mass is 230 g/mol. The van der Waals surface area contributed by atoms with E-state index in [1.54, 1.807) is 12.3 Å². The Morgan fingerprint density at radius 2 is 2.06 bits per heavy atom. The zero-order chi connectivity index (χ0) is 12.4. The normalized spacial score (nSPS) is 10.2. The van der Waals surface area contributed by atoms with Gasteiger partial charge in [0, 0.05) is 17.1 Å². The first-order valence-corrected chi connectivity index (χ1v) is 5.50. The molecule has 2 heterocycles. The molecule has 18 heavy (non-hydrogen) atoms. The van der Waals surface area contributed by atoms with Crippen molar-refractivity contribution in [2.45, 2.75) is 0 Å². The molecule has 0 fully saturated rings. The lowest BCUT2D eigenvalue weighted by atomic mass is 10.1. The molecule has 3 heteroatoms. The highest BCUT2D eigenvalue weighted by Gasteiger charge is 2.02. The van der Waals surface area contributed by atoms with Crippen LogP contribution in [0.3, 0.4) is 0 Å². The summed E-state index contributed by atoms with van der Waals surface area (Å²) >= 11 is 0. The molecule has 0 atom stereocenters. The van der Waals surface area contributed by atoms with E-state index >= 15 is 0 Å². The van der Waals surface area contributed by atoms with Crippen LogP contribution in [-0.2, 0) is 0 Å². The van der Waals surface area contributed by atoms with Crippen LogP contribution in [0.4, 0.5) is 0 Å². The Hall–Kier alpha value is -2.73. The van der Waals surface area contributed by atoms with Gasteiger partial charge in [-0.25, -0.2) is 9.97 Å². The number of hydrogen-bond acceptors (Lipinski definition) is 3. The summed E-state index contributed by atoms with van der Waals surface area (Å²) in [5.74, 6) is 0. The molecule has 0 amide bonds. The molecule has 1 radical (unpaired) electrons. The predicted octanol–water partition coefficient (Wildman–Crippen LogP) is 2.97. The van der Waals surface area contributed by atoms with Crippen LogP contribution in [0.25, 0.3) is 22.2 Å². The first-order chi connectivity index (χ1) is 8.86. The van der Waals surface area contributed by atoms with Crippen molar-refractivity contribution in [1.82, 2.24) is 9.97 Å². The number of nitrogens with zero attached hydrogens (tertiary/aromatic N) is 3. The molecule has 1 aromatic carbocycles. The van der Waals surface area contributed by atoms with Gasteiger partial charge >= 0.3 is 0 Å². The van der Waals surface area contributed by atoms with Crippen LogP contribution in [0.5, 0.6) is 0 Å². The summed E-state index contributed by atoms with van der Waals surface area (Å²) in [4.78, 5) is 8.60. The Kier molecular flexibility index (Phi) is 2.47. The van der Waals surface area contributed by atoms with Gasteiger partial charge in [-0.2, -0.15) is 5.26 Å². The number of rotatable bonds is 1. The maximum Gasteiger partial charge on any atom is 0.140 e. The largest absolute Gasteiger partial charge is 0.248 e. The zero-order valence-electron chi connectivity index (χ0n) is 9.46. The SMILES string of the molecule is N#Cc1ccc(-c2ccc3c[c]ccc3n2)cn1. The molecule has 0 saturated carbocycles. The van der Waals surface area contributed by atoms with Crippen molar-refractivity contribution >= 4 is 10.9 Å². The van der Waals surface area contributed by atoms with Gasteiger partial charge < -0.3 is 0 Å². The van der Waals surface area contributed by atoms with Gasteiger partial charge in [0.05, 0.1) is 11.2 Å². The summed E-state index contributed by atoms with van der Waals surface area (Å²) < 4.78 is 0. The average molecular weight is 230 g/mol. The third kappa shape index (κ3) is 1.80. The molecule has 0 saturated heterocycles. The van der Waals surface area contributed by atoms with E-state index in [2.05, 4.69) is 16.0 Å². The van der Waals surface area contributed by atoms with Crippen molar-refractivity contribution in [2.24, 2.45) is 0 Å². The highest BCUT2D eigenvalue weighted by Crippen LogP contribution is 2.20. The lowest BCUT2D eigenvalue weighted by Crippen LogP contribution is -1.87. The summed E-state index contributed by atoms with van der Waals surface area (Å²) in [6, 6.07) is 18.2. The number of nitriles is 1. The molecular formula is C15H8N3. The topological polar surface area (TPSA) is 49.6 Å². The van der Waals surface area contributed by atoms with E-state index in [1.807, 2.05) is 42.5 Å². The van der Waals surface area contributed by atoms with Crippen LogP contribution < -0.4 is 0 Å². The summed E-state index contributed by atoms with van der Waals surface area (Å²) in [5.41, 5.74) is 3.10. The van der Waals surface area contributed by atoms with E-state index in [0.29, 0.717) is 5.69 Å². The number of fused-ring (bicyclic) bond motifs is 1. The third-order valence-corrected chi connectivity index (χ3v) is 2.71. The van der Waals surface area contributed by atoms with Gasteiger partial charge in [0.2, 0.25) is 0 Å². The Morgan fingerprint density at radius 1 is 1.11 bits per heavy atom. The Bertz CT molecular complexity index is 740. The molecule has 0 aliphatic heterocycles. The molecule has 0 bridgehead atoms. The molecule has 0 spiro atoms. The van der Waals surface area contributed by atoms with Crippen molar-refractivity contribution in [1.29, 1.82) is 5.26 Å². The Labute approximate surface area is 104 Å². The molecule has 0 N–H and O–H groups in total.